The van der Waals surface area contributed by atoms with Crippen LogP contribution in [0.4, 0.5) is 10.1 Å². The minimum Gasteiger partial charge on any atom is -0.478 e. The van der Waals surface area contributed by atoms with Crippen LogP contribution in [-0.2, 0) is 28.7 Å². The van der Waals surface area contributed by atoms with E-state index in [1.54, 1.807) is 0 Å². The lowest BCUT2D eigenvalue weighted by Crippen LogP contribution is -2.52. The molecule has 0 aliphatic heterocycles. The quantitative estimate of drug-likeness (QED) is 0.519. The SMILES string of the molecule is CC(=O)O[C@@H](C(=O)O)[C@@H](OC(C)=O)C(=O)N(CCCl)c1ccc(F)cc1C. The molecule has 0 spiro atoms. The average molecular weight is 404 g/mol. The van der Waals surface area contributed by atoms with Gasteiger partial charge in [-0.3, -0.25) is 14.4 Å². The fourth-order valence-corrected chi connectivity index (χ4v) is 2.52. The van der Waals surface area contributed by atoms with Crippen LogP contribution in [0.15, 0.2) is 18.2 Å². The van der Waals surface area contributed by atoms with Crippen molar-refractivity contribution in [3.05, 3.63) is 29.6 Å². The van der Waals surface area contributed by atoms with E-state index in [-0.39, 0.29) is 18.1 Å². The molecule has 0 aromatic heterocycles. The zero-order valence-corrected chi connectivity index (χ0v) is 15.7. The van der Waals surface area contributed by atoms with Crippen molar-refractivity contribution in [2.45, 2.75) is 33.0 Å². The van der Waals surface area contributed by atoms with Gasteiger partial charge in [0.15, 0.2) is 0 Å². The average Bonchev–Trinajstić information content (AvgIpc) is 2.55. The highest BCUT2D eigenvalue weighted by molar-refractivity contribution is 6.18. The highest BCUT2D eigenvalue weighted by atomic mass is 35.5. The minimum absolute atomic E-state index is 0.0410. The lowest BCUT2D eigenvalue weighted by molar-refractivity contribution is -0.180. The van der Waals surface area contributed by atoms with Gasteiger partial charge in [0.25, 0.3) is 5.91 Å². The second-order valence-electron chi connectivity index (χ2n) is 5.51. The number of benzene rings is 1. The molecule has 1 amide bonds. The number of ether oxygens (including phenoxy) is 2. The number of rotatable bonds is 8. The van der Waals surface area contributed by atoms with Gasteiger partial charge in [-0.15, -0.1) is 11.6 Å². The Bertz CT molecular complexity index is 740. The highest BCUT2D eigenvalue weighted by Gasteiger charge is 2.42. The maximum Gasteiger partial charge on any atom is 0.349 e. The normalized spacial score (nSPS) is 12.6. The van der Waals surface area contributed by atoms with E-state index in [2.05, 4.69) is 4.74 Å². The van der Waals surface area contributed by atoms with Crippen molar-refractivity contribution in [1.29, 1.82) is 0 Å². The largest absolute Gasteiger partial charge is 0.478 e. The Labute approximate surface area is 159 Å². The fraction of sp³-hybridized carbons (Fsp3) is 0.412. The first-order chi connectivity index (χ1) is 12.6. The van der Waals surface area contributed by atoms with Crippen LogP contribution in [-0.4, -0.2) is 53.6 Å². The molecule has 10 heteroatoms. The van der Waals surface area contributed by atoms with Crippen molar-refractivity contribution in [3.63, 3.8) is 0 Å². The fourth-order valence-electron chi connectivity index (χ4n) is 2.35. The molecule has 0 heterocycles. The van der Waals surface area contributed by atoms with Crippen molar-refractivity contribution >= 4 is 41.1 Å². The Kier molecular flexibility index (Phi) is 8.17. The smallest absolute Gasteiger partial charge is 0.349 e. The van der Waals surface area contributed by atoms with E-state index in [0.717, 1.165) is 24.8 Å². The van der Waals surface area contributed by atoms with Crippen LogP contribution in [0.5, 0.6) is 0 Å². The van der Waals surface area contributed by atoms with E-state index in [1.807, 2.05) is 0 Å². The monoisotopic (exact) mass is 403 g/mol. The van der Waals surface area contributed by atoms with Crippen molar-refractivity contribution < 1.29 is 38.1 Å². The predicted molar refractivity (Wildman–Crippen MR) is 93.0 cm³/mol. The van der Waals surface area contributed by atoms with E-state index in [1.165, 1.54) is 19.1 Å². The van der Waals surface area contributed by atoms with E-state index in [4.69, 9.17) is 16.3 Å². The van der Waals surface area contributed by atoms with Gasteiger partial charge in [-0.05, 0) is 30.7 Å². The van der Waals surface area contributed by atoms with Crippen LogP contribution in [0.3, 0.4) is 0 Å². The van der Waals surface area contributed by atoms with Gasteiger partial charge < -0.3 is 19.5 Å². The number of anilines is 1. The van der Waals surface area contributed by atoms with Gasteiger partial charge in [0.2, 0.25) is 12.2 Å². The number of carbonyl (C=O) groups is 4. The molecular formula is C17H19ClFNO7. The number of hydrogen-bond acceptors (Lipinski definition) is 6. The van der Waals surface area contributed by atoms with Crippen molar-refractivity contribution in [2.75, 3.05) is 17.3 Å². The molecule has 1 aromatic carbocycles. The molecule has 2 atom stereocenters. The molecule has 0 saturated carbocycles. The number of aryl methyl sites for hydroxylation is 1. The molecule has 0 aliphatic rings. The lowest BCUT2D eigenvalue weighted by Gasteiger charge is -2.30. The third kappa shape index (κ3) is 6.21. The topological polar surface area (TPSA) is 110 Å². The summed E-state index contributed by atoms with van der Waals surface area (Å²) < 4.78 is 22.9. The summed E-state index contributed by atoms with van der Waals surface area (Å²) in [5, 5.41) is 9.31. The summed E-state index contributed by atoms with van der Waals surface area (Å²) in [5.74, 6) is -5.15. The third-order valence-corrected chi connectivity index (χ3v) is 3.54. The number of hydrogen-bond donors (Lipinski definition) is 1. The second kappa shape index (κ2) is 9.86. The maximum atomic E-state index is 13.4. The number of aliphatic carboxylic acids is 1. The summed E-state index contributed by atoms with van der Waals surface area (Å²) in [5.41, 5.74) is 0.612. The van der Waals surface area contributed by atoms with Crippen molar-refractivity contribution in [2.24, 2.45) is 0 Å². The van der Waals surface area contributed by atoms with Gasteiger partial charge in [-0.2, -0.15) is 0 Å². The van der Waals surface area contributed by atoms with Gasteiger partial charge in [-0.25, -0.2) is 9.18 Å². The van der Waals surface area contributed by atoms with Crippen LogP contribution >= 0.6 is 11.6 Å². The summed E-state index contributed by atoms with van der Waals surface area (Å²) in [4.78, 5) is 48.1. The van der Waals surface area contributed by atoms with Crippen LogP contribution in [0.2, 0.25) is 0 Å². The van der Waals surface area contributed by atoms with Gasteiger partial charge >= 0.3 is 17.9 Å². The van der Waals surface area contributed by atoms with Gasteiger partial charge in [0.1, 0.15) is 5.82 Å². The first-order valence-electron chi connectivity index (χ1n) is 7.79. The number of esters is 2. The van der Waals surface area contributed by atoms with Crippen molar-refractivity contribution in [1.82, 2.24) is 0 Å². The molecule has 0 fully saturated rings. The number of halogens is 2. The van der Waals surface area contributed by atoms with Crippen LogP contribution in [0.1, 0.15) is 19.4 Å². The molecule has 148 valence electrons. The number of carboxylic acid groups (broad SMARTS) is 1. The van der Waals surface area contributed by atoms with E-state index in [0.29, 0.717) is 5.56 Å². The molecule has 0 saturated heterocycles. The maximum absolute atomic E-state index is 13.4. The third-order valence-electron chi connectivity index (χ3n) is 3.37. The summed E-state index contributed by atoms with van der Waals surface area (Å²) in [6, 6.07) is 3.59. The summed E-state index contributed by atoms with van der Waals surface area (Å²) in [7, 11) is 0. The Hall–Kier alpha value is -2.68. The van der Waals surface area contributed by atoms with Crippen LogP contribution < -0.4 is 4.90 Å². The number of carboxylic acids is 1. The zero-order valence-electron chi connectivity index (χ0n) is 14.9. The lowest BCUT2D eigenvalue weighted by atomic mass is 10.1. The summed E-state index contributed by atoms with van der Waals surface area (Å²) >= 11 is 5.73. The standard InChI is InChI=1S/C17H19ClFNO7/c1-9-8-12(19)4-5-13(9)20(7-6-18)16(23)14(26-10(2)21)15(17(24)25)27-11(3)22/h4-5,8,14-15H,6-7H2,1-3H3,(H,24,25)/t14-,15-/m1/s1. The Morgan fingerprint density at radius 1 is 1.15 bits per heavy atom. The van der Waals surface area contributed by atoms with Crippen molar-refractivity contribution in [3.8, 4) is 0 Å². The molecule has 1 aromatic rings. The predicted octanol–water partition coefficient (Wildman–Crippen LogP) is 1.65. The number of carbonyl (C=O) groups excluding carboxylic acids is 3. The van der Waals surface area contributed by atoms with E-state index < -0.39 is 41.8 Å². The molecule has 1 N–H and O–H groups in total. The molecule has 0 unspecified atom stereocenters. The first-order valence-corrected chi connectivity index (χ1v) is 8.32. The van der Waals surface area contributed by atoms with Crippen LogP contribution in [0.25, 0.3) is 0 Å². The van der Waals surface area contributed by atoms with E-state index >= 15 is 0 Å². The summed E-state index contributed by atoms with van der Waals surface area (Å²) in [6.07, 6.45) is -4.01. The molecule has 0 radical (unpaired) electrons. The minimum atomic E-state index is -2.06. The molecule has 8 nitrogen and oxygen atoms in total. The Balaban J connectivity index is 3.38. The van der Waals surface area contributed by atoms with Gasteiger partial charge in [0, 0.05) is 32.0 Å². The zero-order chi connectivity index (χ0) is 20.7. The van der Waals surface area contributed by atoms with Crippen LogP contribution in [0, 0.1) is 12.7 Å². The number of nitrogens with zero attached hydrogens (tertiary/aromatic N) is 1. The first kappa shape index (κ1) is 22.4. The Morgan fingerprint density at radius 2 is 1.70 bits per heavy atom. The van der Waals surface area contributed by atoms with Gasteiger partial charge in [0.05, 0.1) is 0 Å². The summed E-state index contributed by atoms with van der Waals surface area (Å²) in [6.45, 7) is 3.37. The molecule has 1 rings (SSSR count). The highest BCUT2D eigenvalue weighted by Crippen LogP contribution is 2.23. The second-order valence-corrected chi connectivity index (χ2v) is 5.89. The number of amides is 1. The number of alkyl halides is 1. The molecule has 0 bridgehead atoms. The molecular weight excluding hydrogens is 385 g/mol. The molecule has 27 heavy (non-hydrogen) atoms. The van der Waals surface area contributed by atoms with Gasteiger partial charge in [-0.1, -0.05) is 0 Å². The molecule has 0 aliphatic carbocycles. The Morgan fingerprint density at radius 3 is 2.15 bits per heavy atom. The van der Waals surface area contributed by atoms with E-state index in [9.17, 15) is 28.7 Å².